The number of hydrogen-bond acceptors (Lipinski definition) is 5. The van der Waals surface area contributed by atoms with Crippen LogP contribution in [0.2, 0.25) is 0 Å². The van der Waals surface area contributed by atoms with Crippen LogP contribution in [0.15, 0.2) is 6.20 Å². The number of aromatic carboxylic acids is 1. The van der Waals surface area contributed by atoms with Gasteiger partial charge in [-0.05, 0) is 18.9 Å². The summed E-state index contributed by atoms with van der Waals surface area (Å²) < 4.78 is 1.52. The monoisotopic (exact) mass is 254 g/mol. The van der Waals surface area contributed by atoms with E-state index in [1.807, 2.05) is 0 Å². The number of carboxylic acid groups (broad SMARTS) is 1. The van der Waals surface area contributed by atoms with Crippen molar-refractivity contribution in [3.05, 3.63) is 11.9 Å². The van der Waals surface area contributed by atoms with Crippen LogP contribution in [0.5, 0.6) is 0 Å². The molecule has 0 radical (unpaired) electrons. The second-order valence-corrected chi connectivity index (χ2v) is 4.81. The highest BCUT2D eigenvalue weighted by atomic mass is 16.4. The van der Waals surface area contributed by atoms with Crippen molar-refractivity contribution in [1.29, 1.82) is 0 Å². The van der Waals surface area contributed by atoms with Crippen molar-refractivity contribution >= 4 is 5.97 Å². The second-order valence-electron chi connectivity index (χ2n) is 4.81. The van der Waals surface area contributed by atoms with Crippen molar-refractivity contribution < 1.29 is 15.0 Å². The van der Waals surface area contributed by atoms with E-state index in [-0.39, 0.29) is 11.8 Å². The zero-order chi connectivity index (χ0) is 13.1. The van der Waals surface area contributed by atoms with Crippen LogP contribution in [0.4, 0.5) is 0 Å². The summed E-state index contributed by atoms with van der Waals surface area (Å²) in [6, 6.07) is 0. The summed E-state index contributed by atoms with van der Waals surface area (Å²) in [5.74, 6) is -0.713. The molecule has 1 aromatic rings. The SMILES string of the molecule is CC1CCN(CCn2cc(C(=O)O)nn2)CC1O. The van der Waals surface area contributed by atoms with Crippen LogP contribution >= 0.6 is 0 Å². The number of aliphatic hydroxyl groups excluding tert-OH is 1. The van der Waals surface area contributed by atoms with Crippen molar-refractivity contribution in [1.82, 2.24) is 19.9 Å². The number of carbonyl (C=O) groups is 1. The van der Waals surface area contributed by atoms with E-state index in [0.29, 0.717) is 19.0 Å². The van der Waals surface area contributed by atoms with Crippen LogP contribution in [-0.4, -0.2) is 61.8 Å². The van der Waals surface area contributed by atoms with E-state index < -0.39 is 5.97 Å². The molecular weight excluding hydrogens is 236 g/mol. The first kappa shape index (κ1) is 13.0. The third kappa shape index (κ3) is 3.05. The summed E-state index contributed by atoms with van der Waals surface area (Å²) in [5.41, 5.74) is -0.0395. The number of carboxylic acids is 1. The van der Waals surface area contributed by atoms with E-state index in [1.54, 1.807) is 0 Å². The molecule has 7 nitrogen and oxygen atoms in total. The van der Waals surface area contributed by atoms with E-state index in [9.17, 15) is 9.90 Å². The van der Waals surface area contributed by atoms with Gasteiger partial charge in [0.05, 0.1) is 18.8 Å². The Morgan fingerprint density at radius 3 is 2.94 bits per heavy atom. The second kappa shape index (κ2) is 5.45. The normalized spacial score (nSPS) is 25.2. The lowest BCUT2D eigenvalue weighted by Crippen LogP contribution is -2.44. The largest absolute Gasteiger partial charge is 0.476 e. The molecule has 2 atom stereocenters. The predicted octanol–water partition coefficient (Wildman–Crippen LogP) is -0.321. The Labute approximate surface area is 105 Å². The van der Waals surface area contributed by atoms with Crippen molar-refractivity contribution in [3.8, 4) is 0 Å². The quantitative estimate of drug-likeness (QED) is 0.765. The summed E-state index contributed by atoms with van der Waals surface area (Å²) in [4.78, 5) is 12.8. The molecule has 18 heavy (non-hydrogen) atoms. The summed E-state index contributed by atoms with van der Waals surface area (Å²) >= 11 is 0. The first-order valence-electron chi connectivity index (χ1n) is 6.10. The number of rotatable bonds is 4. The molecule has 0 bridgehead atoms. The maximum atomic E-state index is 10.6. The minimum atomic E-state index is -1.07. The fourth-order valence-electron chi connectivity index (χ4n) is 2.07. The molecule has 2 N–H and O–H groups in total. The molecule has 100 valence electrons. The number of aromatic nitrogens is 3. The molecule has 1 fully saturated rings. The van der Waals surface area contributed by atoms with E-state index in [1.165, 1.54) is 10.9 Å². The number of likely N-dealkylation sites (tertiary alicyclic amines) is 1. The summed E-state index contributed by atoms with van der Waals surface area (Å²) in [6.45, 7) is 5.01. The number of piperidine rings is 1. The summed E-state index contributed by atoms with van der Waals surface area (Å²) in [5, 5.41) is 25.8. The van der Waals surface area contributed by atoms with E-state index in [4.69, 9.17) is 5.11 Å². The summed E-state index contributed by atoms with van der Waals surface area (Å²) in [6.07, 6.45) is 2.13. The van der Waals surface area contributed by atoms with Gasteiger partial charge in [0.25, 0.3) is 0 Å². The van der Waals surface area contributed by atoms with Gasteiger partial charge in [-0.1, -0.05) is 12.1 Å². The van der Waals surface area contributed by atoms with E-state index in [0.717, 1.165) is 19.5 Å². The molecule has 1 aliphatic rings. The standard InChI is InChI=1S/C11H18N4O3/c1-8-2-3-14(7-10(8)16)4-5-15-6-9(11(17)18)12-13-15/h6,8,10,16H,2-5,7H2,1H3,(H,17,18). The van der Waals surface area contributed by atoms with Gasteiger partial charge in [-0.2, -0.15) is 0 Å². The predicted molar refractivity (Wildman–Crippen MR) is 63.2 cm³/mol. The highest BCUT2D eigenvalue weighted by Crippen LogP contribution is 2.16. The Morgan fingerprint density at radius 2 is 2.33 bits per heavy atom. The molecule has 0 spiro atoms. The average Bonchev–Trinajstić information content (AvgIpc) is 2.79. The van der Waals surface area contributed by atoms with Gasteiger partial charge in [-0.15, -0.1) is 5.10 Å². The fraction of sp³-hybridized carbons (Fsp3) is 0.727. The number of nitrogens with zero attached hydrogens (tertiary/aromatic N) is 4. The van der Waals surface area contributed by atoms with E-state index in [2.05, 4.69) is 22.1 Å². The molecular formula is C11H18N4O3. The van der Waals surface area contributed by atoms with Gasteiger partial charge in [-0.3, -0.25) is 9.58 Å². The molecule has 2 unspecified atom stereocenters. The molecule has 2 rings (SSSR count). The lowest BCUT2D eigenvalue weighted by atomic mass is 9.96. The number of hydrogen-bond donors (Lipinski definition) is 2. The Hall–Kier alpha value is -1.47. The molecule has 0 saturated carbocycles. The first-order chi connectivity index (χ1) is 8.56. The van der Waals surface area contributed by atoms with Crippen LogP contribution in [0.1, 0.15) is 23.8 Å². The van der Waals surface area contributed by atoms with Gasteiger partial charge < -0.3 is 10.2 Å². The number of β-amino-alcohol motifs (C(OH)–C–C–N with tert-alkyl or cyclic N) is 1. The molecule has 1 saturated heterocycles. The Morgan fingerprint density at radius 1 is 1.56 bits per heavy atom. The fourth-order valence-corrected chi connectivity index (χ4v) is 2.07. The molecule has 2 heterocycles. The van der Waals surface area contributed by atoms with Crippen LogP contribution in [-0.2, 0) is 6.54 Å². The van der Waals surface area contributed by atoms with Crippen molar-refractivity contribution in [3.63, 3.8) is 0 Å². The average molecular weight is 254 g/mol. The van der Waals surface area contributed by atoms with Gasteiger partial charge in [0.15, 0.2) is 5.69 Å². The van der Waals surface area contributed by atoms with Crippen molar-refractivity contribution in [2.24, 2.45) is 5.92 Å². The third-order valence-corrected chi connectivity index (χ3v) is 3.41. The summed E-state index contributed by atoms with van der Waals surface area (Å²) in [7, 11) is 0. The van der Waals surface area contributed by atoms with Crippen LogP contribution in [0, 0.1) is 5.92 Å². The lowest BCUT2D eigenvalue weighted by molar-refractivity contribution is 0.0275. The first-order valence-corrected chi connectivity index (χ1v) is 6.10. The van der Waals surface area contributed by atoms with E-state index >= 15 is 0 Å². The third-order valence-electron chi connectivity index (χ3n) is 3.41. The minimum absolute atomic E-state index is 0.0395. The molecule has 0 aliphatic carbocycles. The van der Waals surface area contributed by atoms with Crippen molar-refractivity contribution in [2.75, 3.05) is 19.6 Å². The van der Waals surface area contributed by atoms with Gasteiger partial charge in [0, 0.05) is 13.1 Å². The molecule has 0 amide bonds. The minimum Gasteiger partial charge on any atom is -0.476 e. The highest BCUT2D eigenvalue weighted by molar-refractivity contribution is 5.84. The smallest absolute Gasteiger partial charge is 0.358 e. The number of aliphatic hydroxyl groups is 1. The van der Waals surface area contributed by atoms with Gasteiger partial charge in [-0.25, -0.2) is 4.79 Å². The van der Waals surface area contributed by atoms with Gasteiger partial charge in [0.1, 0.15) is 0 Å². The van der Waals surface area contributed by atoms with Crippen LogP contribution in [0.3, 0.4) is 0 Å². The Bertz CT molecular complexity index is 420. The molecule has 1 aromatic heterocycles. The molecule has 7 heteroatoms. The maximum absolute atomic E-state index is 10.6. The molecule has 1 aliphatic heterocycles. The van der Waals surface area contributed by atoms with Crippen molar-refractivity contribution in [2.45, 2.75) is 26.0 Å². The Kier molecular flexibility index (Phi) is 3.93. The van der Waals surface area contributed by atoms with Crippen LogP contribution < -0.4 is 0 Å². The van der Waals surface area contributed by atoms with Gasteiger partial charge >= 0.3 is 5.97 Å². The Balaban J connectivity index is 1.82. The highest BCUT2D eigenvalue weighted by Gasteiger charge is 2.23. The van der Waals surface area contributed by atoms with Gasteiger partial charge in [0.2, 0.25) is 0 Å². The van der Waals surface area contributed by atoms with Crippen LogP contribution in [0.25, 0.3) is 0 Å². The zero-order valence-electron chi connectivity index (χ0n) is 10.4. The topological polar surface area (TPSA) is 91.5 Å². The zero-order valence-corrected chi connectivity index (χ0v) is 10.4. The lowest BCUT2D eigenvalue weighted by Gasteiger charge is -2.34. The maximum Gasteiger partial charge on any atom is 0.358 e. The molecule has 0 aromatic carbocycles.